The Hall–Kier alpha value is -0.950. The van der Waals surface area contributed by atoms with Gasteiger partial charge in [0, 0.05) is 39.4 Å². The second-order valence-electron chi connectivity index (χ2n) is 4.71. The van der Waals surface area contributed by atoms with Crippen molar-refractivity contribution < 1.29 is 4.79 Å². The van der Waals surface area contributed by atoms with Gasteiger partial charge < -0.3 is 4.90 Å². The number of pyridine rings is 1. The van der Waals surface area contributed by atoms with Crippen LogP contribution in [0.1, 0.15) is 21.6 Å². The smallest absolute Gasteiger partial charge is 0.255 e. The van der Waals surface area contributed by atoms with Crippen molar-refractivity contribution in [1.29, 1.82) is 0 Å². The van der Waals surface area contributed by atoms with Gasteiger partial charge in [-0.3, -0.25) is 9.78 Å². The highest BCUT2D eigenvalue weighted by Gasteiger charge is 2.23. The Kier molecular flexibility index (Phi) is 4.07. The lowest BCUT2D eigenvalue weighted by Crippen LogP contribution is -2.36. The second-order valence-corrected chi connectivity index (χ2v) is 6.81. The van der Waals surface area contributed by atoms with Crippen LogP contribution in [0.4, 0.5) is 0 Å². The Balaban J connectivity index is 1.88. The third kappa shape index (κ3) is 2.74. The topological polar surface area (TPSA) is 33.2 Å². The minimum atomic E-state index is 0.0740. The summed E-state index contributed by atoms with van der Waals surface area (Å²) in [6, 6.07) is 9.80. The van der Waals surface area contributed by atoms with Crippen molar-refractivity contribution in [3.63, 3.8) is 0 Å². The fourth-order valence-corrected chi connectivity index (χ4v) is 3.28. The summed E-state index contributed by atoms with van der Waals surface area (Å²) in [5, 5.41) is 0. The first-order valence-electron chi connectivity index (χ1n) is 6.32. The van der Waals surface area contributed by atoms with E-state index in [4.69, 9.17) is 0 Å². The average Bonchev–Trinajstić information content (AvgIpc) is 2.48. The van der Waals surface area contributed by atoms with Gasteiger partial charge in [-0.05, 0) is 68.3 Å². The molecular formula is C15H12BrIN2O. The van der Waals surface area contributed by atoms with Gasteiger partial charge in [-0.1, -0.05) is 6.07 Å². The highest BCUT2D eigenvalue weighted by Crippen LogP contribution is 2.24. The van der Waals surface area contributed by atoms with Crippen molar-refractivity contribution in [3.8, 4) is 0 Å². The molecule has 2 aromatic rings. The molecule has 0 saturated heterocycles. The number of carbonyl (C=O) groups is 1. The molecule has 1 aliphatic rings. The summed E-state index contributed by atoms with van der Waals surface area (Å²) in [5.74, 6) is 0.0740. The molecule has 3 rings (SSSR count). The maximum atomic E-state index is 12.7. The minimum Gasteiger partial charge on any atom is -0.334 e. The summed E-state index contributed by atoms with van der Waals surface area (Å²) in [5.41, 5.74) is 2.98. The van der Waals surface area contributed by atoms with Gasteiger partial charge in [0.05, 0.1) is 5.56 Å². The van der Waals surface area contributed by atoms with Gasteiger partial charge in [0.25, 0.3) is 5.91 Å². The largest absolute Gasteiger partial charge is 0.334 e. The van der Waals surface area contributed by atoms with Crippen molar-refractivity contribution in [3.05, 3.63) is 61.4 Å². The van der Waals surface area contributed by atoms with Crippen molar-refractivity contribution >= 4 is 44.4 Å². The fourth-order valence-electron chi connectivity index (χ4n) is 2.37. The maximum absolute atomic E-state index is 12.7. The third-order valence-electron chi connectivity index (χ3n) is 3.41. The van der Waals surface area contributed by atoms with Crippen LogP contribution in [0.15, 0.2) is 41.0 Å². The van der Waals surface area contributed by atoms with Crippen molar-refractivity contribution in [2.24, 2.45) is 0 Å². The van der Waals surface area contributed by atoms with Gasteiger partial charge in [-0.2, -0.15) is 0 Å². The van der Waals surface area contributed by atoms with Crippen LogP contribution < -0.4 is 0 Å². The number of hydrogen-bond donors (Lipinski definition) is 0. The van der Waals surface area contributed by atoms with Crippen LogP contribution in [0.5, 0.6) is 0 Å². The van der Waals surface area contributed by atoms with E-state index in [1.807, 2.05) is 41.4 Å². The second kappa shape index (κ2) is 5.81. The van der Waals surface area contributed by atoms with Crippen LogP contribution in [0, 0.1) is 3.57 Å². The number of fused-ring (bicyclic) bond motifs is 1. The molecule has 0 saturated carbocycles. The van der Waals surface area contributed by atoms with E-state index in [1.165, 1.54) is 0 Å². The monoisotopic (exact) mass is 442 g/mol. The average molecular weight is 443 g/mol. The molecule has 0 aliphatic carbocycles. The highest BCUT2D eigenvalue weighted by molar-refractivity contribution is 14.1. The zero-order valence-corrected chi connectivity index (χ0v) is 14.4. The van der Waals surface area contributed by atoms with E-state index >= 15 is 0 Å². The summed E-state index contributed by atoms with van der Waals surface area (Å²) < 4.78 is 1.91. The molecule has 1 amide bonds. The fraction of sp³-hybridized carbons (Fsp3) is 0.200. The van der Waals surface area contributed by atoms with Gasteiger partial charge in [-0.15, -0.1) is 0 Å². The van der Waals surface area contributed by atoms with Crippen LogP contribution in [0.3, 0.4) is 0 Å². The Labute approximate surface area is 139 Å². The molecule has 1 aliphatic heterocycles. The zero-order chi connectivity index (χ0) is 14.1. The number of benzene rings is 1. The van der Waals surface area contributed by atoms with E-state index in [0.29, 0.717) is 6.54 Å². The quantitative estimate of drug-likeness (QED) is 0.631. The van der Waals surface area contributed by atoms with Crippen molar-refractivity contribution in [2.45, 2.75) is 13.0 Å². The number of rotatable bonds is 1. The van der Waals surface area contributed by atoms with Crippen LogP contribution in [-0.2, 0) is 13.0 Å². The number of carbonyl (C=O) groups excluding carboxylic acids is 1. The van der Waals surface area contributed by atoms with Gasteiger partial charge in [0.15, 0.2) is 0 Å². The normalized spacial score (nSPS) is 14.0. The third-order valence-corrected chi connectivity index (χ3v) is 4.77. The summed E-state index contributed by atoms with van der Waals surface area (Å²) in [6.45, 7) is 1.36. The summed E-state index contributed by atoms with van der Waals surface area (Å²) in [4.78, 5) is 18.9. The maximum Gasteiger partial charge on any atom is 0.255 e. The summed E-state index contributed by atoms with van der Waals surface area (Å²) >= 11 is 5.69. The number of amides is 1. The van der Waals surface area contributed by atoms with Crippen molar-refractivity contribution in [2.75, 3.05) is 6.54 Å². The lowest BCUT2D eigenvalue weighted by Gasteiger charge is -2.28. The van der Waals surface area contributed by atoms with Crippen LogP contribution in [0.25, 0.3) is 0 Å². The van der Waals surface area contributed by atoms with Crippen LogP contribution >= 0.6 is 38.5 Å². The molecule has 1 aromatic carbocycles. The Morgan fingerprint density at radius 1 is 1.35 bits per heavy atom. The molecule has 0 fully saturated rings. The Morgan fingerprint density at radius 3 is 3.05 bits per heavy atom. The highest BCUT2D eigenvalue weighted by atomic mass is 127. The van der Waals surface area contributed by atoms with E-state index in [9.17, 15) is 4.79 Å². The standard InChI is InChI=1S/C15H12BrIN2O/c16-13-4-3-11(17)8-12(13)15(20)19-7-5-14-10(9-19)2-1-6-18-14/h1-4,6,8H,5,7,9H2. The number of aromatic nitrogens is 1. The summed E-state index contributed by atoms with van der Waals surface area (Å²) in [6.07, 6.45) is 2.63. The first kappa shape index (κ1) is 14.0. The number of hydrogen-bond acceptors (Lipinski definition) is 2. The molecule has 1 aromatic heterocycles. The molecule has 102 valence electrons. The SMILES string of the molecule is O=C(c1cc(I)ccc1Br)N1CCc2ncccc2C1. The van der Waals surface area contributed by atoms with Crippen molar-refractivity contribution in [1.82, 2.24) is 9.88 Å². The van der Waals surface area contributed by atoms with E-state index in [0.717, 1.165) is 37.8 Å². The van der Waals surface area contributed by atoms with E-state index in [1.54, 1.807) is 0 Å². The number of nitrogens with zero attached hydrogens (tertiary/aromatic N) is 2. The molecule has 0 unspecified atom stereocenters. The minimum absolute atomic E-state index is 0.0740. The van der Waals surface area contributed by atoms with Crippen LogP contribution in [-0.4, -0.2) is 22.3 Å². The lowest BCUT2D eigenvalue weighted by molar-refractivity contribution is 0.0732. The predicted octanol–water partition coefficient (Wildman–Crippen LogP) is 3.65. The molecule has 3 nitrogen and oxygen atoms in total. The Bertz CT molecular complexity index is 675. The zero-order valence-electron chi connectivity index (χ0n) is 10.6. The summed E-state index contributed by atoms with van der Waals surface area (Å²) in [7, 11) is 0. The molecule has 2 heterocycles. The molecule has 0 N–H and O–H groups in total. The molecule has 0 bridgehead atoms. The van der Waals surface area contributed by atoms with E-state index in [2.05, 4.69) is 43.5 Å². The molecule has 0 atom stereocenters. The van der Waals surface area contributed by atoms with Gasteiger partial charge in [-0.25, -0.2) is 0 Å². The molecular weight excluding hydrogens is 431 g/mol. The first-order valence-corrected chi connectivity index (χ1v) is 8.19. The molecule has 0 spiro atoms. The van der Waals surface area contributed by atoms with Gasteiger partial charge in [0.1, 0.15) is 0 Å². The first-order chi connectivity index (χ1) is 9.65. The molecule has 5 heteroatoms. The van der Waals surface area contributed by atoms with Gasteiger partial charge in [0.2, 0.25) is 0 Å². The lowest BCUT2D eigenvalue weighted by atomic mass is 10.0. The van der Waals surface area contributed by atoms with E-state index < -0.39 is 0 Å². The number of halogens is 2. The van der Waals surface area contributed by atoms with Gasteiger partial charge >= 0.3 is 0 Å². The van der Waals surface area contributed by atoms with Crippen LogP contribution in [0.2, 0.25) is 0 Å². The molecule has 20 heavy (non-hydrogen) atoms. The predicted molar refractivity (Wildman–Crippen MR) is 89.5 cm³/mol. The molecule has 0 radical (unpaired) electrons. The van der Waals surface area contributed by atoms with E-state index in [-0.39, 0.29) is 5.91 Å². The Morgan fingerprint density at radius 2 is 2.20 bits per heavy atom.